The molecule has 0 atom stereocenters. The maximum atomic E-state index is 12.9. The zero-order valence-electron chi connectivity index (χ0n) is 16.6. The fourth-order valence-corrected chi connectivity index (χ4v) is 3.14. The molecule has 9 nitrogen and oxygen atoms in total. The molecule has 1 aromatic carbocycles. The summed E-state index contributed by atoms with van der Waals surface area (Å²) in [5.74, 6) is -0.721. The maximum absolute atomic E-state index is 12.9. The van der Waals surface area contributed by atoms with Crippen LogP contribution >= 0.6 is 0 Å². The van der Waals surface area contributed by atoms with Gasteiger partial charge >= 0.3 is 5.69 Å². The second kappa shape index (κ2) is 7.70. The molecule has 0 saturated heterocycles. The number of amides is 2. The van der Waals surface area contributed by atoms with Gasteiger partial charge in [-0.1, -0.05) is 0 Å². The largest absolute Gasteiger partial charge is 0.332 e. The van der Waals surface area contributed by atoms with Crippen molar-refractivity contribution in [3.8, 4) is 0 Å². The monoisotopic (exact) mass is 395 g/mol. The normalized spacial score (nSPS) is 10.8. The summed E-state index contributed by atoms with van der Waals surface area (Å²) in [4.78, 5) is 53.3. The molecule has 0 radical (unpaired) electrons. The van der Waals surface area contributed by atoms with Crippen molar-refractivity contribution in [1.29, 1.82) is 0 Å². The quantitative estimate of drug-likeness (QED) is 0.691. The summed E-state index contributed by atoms with van der Waals surface area (Å²) in [5, 5.41) is 5.58. The van der Waals surface area contributed by atoms with Crippen LogP contribution in [-0.2, 0) is 23.2 Å². The molecule has 0 fully saturated rings. The lowest BCUT2D eigenvalue weighted by Crippen LogP contribution is -2.42. The first-order valence-electron chi connectivity index (χ1n) is 8.92. The Morgan fingerprint density at radius 3 is 2.21 bits per heavy atom. The topological polar surface area (TPSA) is 115 Å². The van der Waals surface area contributed by atoms with Gasteiger partial charge in [-0.05, 0) is 49.7 Å². The summed E-state index contributed by atoms with van der Waals surface area (Å²) in [6.45, 7) is 4.52. The number of fused-ring (bicyclic) bond motifs is 1. The van der Waals surface area contributed by atoms with Gasteiger partial charge < -0.3 is 10.6 Å². The van der Waals surface area contributed by atoms with Gasteiger partial charge in [-0.3, -0.25) is 23.5 Å². The molecule has 3 aromatic rings. The molecule has 0 saturated carbocycles. The van der Waals surface area contributed by atoms with Gasteiger partial charge in [0.1, 0.15) is 12.2 Å². The number of hydrogen-bond donors (Lipinski definition) is 2. The number of aryl methyl sites for hydroxylation is 3. The van der Waals surface area contributed by atoms with Gasteiger partial charge in [-0.25, -0.2) is 9.78 Å². The summed E-state index contributed by atoms with van der Waals surface area (Å²) >= 11 is 0. The maximum Gasteiger partial charge on any atom is 0.332 e. The van der Waals surface area contributed by atoms with Crippen molar-refractivity contribution < 1.29 is 9.59 Å². The number of nitrogens with one attached hydrogen (secondary N) is 2. The second-order valence-electron chi connectivity index (χ2n) is 6.82. The van der Waals surface area contributed by atoms with Gasteiger partial charge in [-0.2, -0.15) is 0 Å². The number of carbonyl (C=O) groups excluding carboxylic acids is 2. The van der Waals surface area contributed by atoms with Crippen molar-refractivity contribution in [2.24, 2.45) is 7.05 Å². The van der Waals surface area contributed by atoms with Crippen LogP contribution in [0.3, 0.4) is 0 Å². The lowest BCUT2D eigenvalue weighted by Gasteiger charge is -2.12. The molecule has 0 spiro atoms. The van der Waals surface area contributed by atoms with E-state index < -0.39 is 23.7 Å². The molecule has 3 rings (SSSR count). The third kappa shape index (κ3) is 4.08. The number of aromatic nitrogens is 3. The van der Waals surface area contributed by atoms with Gasteiger partial charge in [0.25, 0.3) is 5.56 Å². The molecule has 2 aromatic heterocycles. The Balaban J connectivity index is 1.90. The molecule has 2 N–H and O–H groups in total. The number of benzene rings is 1. The molecule has 0 unspecified atom stereocenters. The first-order chi connectivity index (χ1) is 13.7. The van der Waals surface area contributed by atoms with Crippen LogP contribution in [-0.4, -0.2) is 25.9 Å². The van der Waals surface area contributed by atoms with E-state index in [0.717, 1.165) is 4.57 Å². The summed E-state index contributed by atoms with van der Waals surface area (Å²) < 4.78 is 2.17. The van der Waals surface area contributed by atoms with Gasteiger partial charge in [0.2, 0.25) is 11.8 Å². The Labute approximate surface area is 166 Å². The van der Waals surface area contributed by atoms with E-state index in [1.54, 1.807) is 44.2 Å². The first kappa shape index (κ1) is 20.0. The standard InChI is InChI=1S/C20H21N5O4/c1-11-9-12(2)21-18-17(11)19(28)25(20(29)24(18)4)10-16(27)23-15-7-5-14(6-8-15)22-13(3)26/h5-9H,10H2,1-4H3,(H,22,26)(H,23,27). The molecule has 0 aliphatic carbocycles. The van der Waals surface area contributed by atoms with Crippen molar-refractivity contribution in [2.75, 3.05) is 10.6 Å². The van der Waals surface area contributed by atoms with E-state index in [1.807, 2.05) is 0 Å². The van der Waals surface area contributed by atoms with Gasteiger partial charge in [-0.15, -0.1) is 0 Å². The lowest BCUT2D eigenvalue weighted by atomic mass is 10.2. The number of rotatable bonds is 4. The molecule has 150 valence electrons. The van der Waals surface area contributed by atoms with E-state index in [-0.39, 0.29) is 5.91 Å². The smallest absolute Gasteiger partial charge is 0.326 e. The Hall–Kier alpha value is -3.75. The highest BCUT2D eigenvalue weighted by Crippen LogP contribution is 2.14. The number of hydrogen-bond acceptors (Lipinski definition) is 5. The van der Waals surface area contributed by atoms with Crippen molar-refractivity contribution in [3.05, 3.63) is 62.4 Å². The summed E-state index contributed by atoms with van der Waals surface area (Å²) in [6.07, 6.45) is 0. The van der Waals surface area contributed by atoms with Crippen LogP contribution in [0.5, 0.6) is 0 Å². The summed E-state index contributed by atoms with van der Waals surface area (Å²) in [5.41, 5.74) is 1.58. The third-order valence-electron chi connectivity index (χ3n) is 4.41. The number of carbonyl (C=O) groups is 2. The number of anilines is 2. The predicted octanol–water partition coefficient (Wildman–Crippen LogP) is 1.31. The van der Waals surface area contributed by atoms with Crippen molar-refractivity contribution in [1.82, 2.24) is 14.1 Å². The van der Waals surface area contributed by atoms with Crippen molar-refractivity contribution in [3.63, 3.8) is 0 Å². The van der Waals surface area contributed by atoms with E-state index in [0.29, 0.717) is 33.7 Å². The minimum absolute atomic E-state index is 0.201. The highest BCUT2D eigenvalue weighted by molar-refractivity contribution is 5.92. The highest BCUT2D eigenvalue weighted by Gasteiger charge is 2.16. The zero-order valence-corrected chi connectivity index (χ0v) is 16.6. The zero-order chi connectivity index (χ0) is 21.3. The van der Waals surface area contributed by atoms with Crippen LogP contribution in [0.4, 0.5) is 11.4 Å². The highest BCUT2D eigenvalue weighted by atomic mass is 16.2. The van der Waals surface area contributed by atoms with E-state index >= 15 is 0 Å². The van der Waals surface area contributed by atoms with Crippen LogP contribution in [0.1, 0.15) is 18.2 Å². The molecule has 2 amide bonds. The summed E-state index contributed by atoms with van der Waals surface area (Å²) in [6, 6.07) is 8.25. The van der Waals surface area contributed by atoms with E-state index in [1.165, 1.54) is 18.5 Å². The molecular weight excluding hydrogens is 374 g/mol. The Morgan fingerprint density at radius 2 is 1.62 bits per heavy atom. The Morgan fingerprint density at radius 1 is 1.03 bits per heavy atom. The molecular formula is C20H21N5O4. The first-order valence-corrected chi connectivity index (χ1v) is 8.92. The molecule has 0 aliphatic heterocycles. The predicted molar refractivity (Wildman–Crippen MR) is 110 cm³/mol. The van der Waals surface area contributed by atoms with Crippen LogP contribution in [0.2, 0.25) is 0 Å². The number of pyridine rings is 1. The number of nitrogens with zero attached hydrogens (tertiary/aromatic N) is 3. The minimum Gasteiger partial charge on any atom is -0.326 e. The average molecular weight is 395 g/mol. The third-order valence-corrected chi connectivity index (χ3v) is 4.41. The van der Waals surface area contributed by atoms with E-state index in [4.69, 9.17) is 0 Å². The molecule has 9 heteroatoms. The molecule has 0 bridgehead atoms. The van der Waals surface area contributed by atoms with Crippen molar-refractivity contribution in [2.45, 2.75) is 27.3 Å². The van der Waals surface area contributed by atoms with Crippen LogP contribution in [0.25, 0.3) is 11.0 Å². The minimum atomic E-state index is -0.615. The average Bonchev–Trinajstić information content (AvgIpc) is 2.64. The SMILES string of the molecule is CC(=O)Nc1ccc(NC(=O)Cn2c(=O)c3c(C)cc(C)nc3n(C)c2=O)cc1. The van der Waals surface area contributed by atoms with Gasteiger partial charge in [0.15, 0.2) is 0 Å². The fraction of sp³-hybridized carbons (Fsp3) is 0.250. The Kier molecular flexibility index (Phi) is 5.31. The molecule has 29 heavy (non-hydrogen) atoms. The van der Waals surface area contributed by atoms with Crippen LogP contribution in [0, 0.1) is 13.8 Å². The van der Waals surface area contributed by atoms with Crippen LogP contribution in [0.15, 0.2) is 39.9 Å². The second-order valence-corrected chi connectivity index (χ2v) is 6.82. The molecule has 0 aliphatic rings. The summed E-state index contributed by atoms with van der Waals surface area (Å²) in [7, 11) is 1.52. The van der Waals surface area contributed by atoms with E-state index in [2.05, 4.69) is 15.6 Å². The molecule has 2 heterocycles. The van der Waals surface area contributed by atoms with Crippen molar-refractivity contribution >= 4 is 34.2 Å². The fourth-order valence-electron chi connectivity index (χ4n) is 3.14. The van der Waals surface area contributed by atoms with Gasteiger partial charge in [0.05, 0.1) is 5.39 Å². The lowest BCUT2D eigenvalue weighted by molar-refractivity contribution is -0.117. The van der Waals surface area contributed by atoms with Gasteiger partial charge in [0, 0.05) is 31.0 Å². The van der Waals surface area contributed by atoms with E-state index in [9.17, 15) is 19.2 Å². The Bertz CT molecular complexity index is 1240. The van der Waals surface area contributed by atoms with Crippen LogP contribution < -0.4 is 21.9 Å².